The quantitative estimate of drug-likeness (QED) is 0.933. The molecule has 0 amide bonds. The summed E-state index contributed by atoms with van der Waals surface area (Å²) in [7, 11) is 0. The number of halogens is 1. The normalized spacial score (nSPS) is 14.9. The monoisotopic (exact) mass is 291 g/mol. The first-order valence-electron chi connectivity index (χ1n) is 5.84. The van der Waals surface area contributed by atoms with E-state index in [0.29, 0.717) is 6.04 Å². The molecule has 1 aliphatic carbocycles. The van der Waals surface area contributed by atoms with Gasteiger partial charge in [0.15, 0.2) is 0 Å². The average Bonchev–Trinajstić information content (AvgIpc) is 3.06. The summed E-state index contributed by atoms with van der Waals surface area (Å²) in [5.41, 5.74) is 1.25. The number of aromatic nitrogens is 2. The van der Waals surface area contributed by atoms with Crippen LogP contribution in [0.15, 0.2) is 41.1 Å². The maximum absolute atomic E-state index is 4.36. The molecule has 88 valence electrons. The van der Waals surface area contributed by atoms with Crippen LogP contribution in [0.4, 0.5) is 5.95 Å². The molecule has 3 nitrogen and oxygen atoms in total. The van der Waals surface area contributed by atoms with E-state index in [1.807, 2.05) is 12.3 Å². The van der Waals surface area contributed by atoms with Crippen molar-refractivity contribution in [2.75, 3.05) is 5.32 Å². The van der Waals surface area contributed by atoms with Crippen molar-refractivity contribution in [2.24, 2.45) is 0 Å². The summed E-state index contributed by atoms with van der Waals surface area (Å²) in [6.45, 7) is 0.809. The topological polar surface area (TPSA) is 29.9 Å². The van der Waals surface area contributed by atoms with Crippen LogP contribution in [0.2, 0.25) is 0 Å². The van der Waals surface area contributed by atoms with Gasteiger partial charge in [-0.15, -0.1) is 0 Å². The molecule has 0 saturated heterocycles. The zero-order valence-corrected chi connectivity index (χ0v) is 11.0. The van der Waals surface area contributed by atoms with Crippen LogP contribution in [0, 0.1) is 0 Å². The first kappa shape index (κ1) is 10.8. The van der Waals surface area contributed by atoms with E-state index in [1.54, 1.807) is 0 Å². The van der Waals surface area contributed by atoms with E-state index in [0.717, 1.165) is 17.0 Å². The van der Waals surface area contributed by atoms with Gasteiger partial charge < -0.3 is 9.88 Å². The van der Waals surface area contributed by atoms with Crippen LogP contribution >= 0.6 is 15.9 Å². The predicted molar refractivity (Wildman–Crippen MR) is 72.0 cm³/mol. The Morgan fingerprint density at radius 1 is 1.41 bits per heavy atom. The van der Waals surface area contributed by atoms with Crippen LogP contribution in [-0.4, -0.2) is 9.55 Å². The van der Waals surface area contributed by atoms with Gasteiger partial charge in [-0.3, -0.25) is 0 Å². The number of hydrogen-bond acceptors (Lipinski definition) is 2. The number of hydrogen-bond donors (Lipinski definition) is 1. The molecule has 0 atom stereocenters. The van der Waals surface area contributed by atoms with Crippen LogP contribution in [0.25, 0.3) is 0 Å². The molecule has 1 fully saturated rings. The Labute approximate surface area is 109 Å². The summed E-state index contributed by atoms with van der Waals surface area (Å²) in [6, 6.07) is 8.99. The molecule has 1 aromatic heterocycles. The van der Waals surface area contributed by atoms with Gasteiger partial charge in [-0.1, -0.05) is 28.1 Å². The Hall–Kier alpha value is -1.29. The smallest absolute Gasteiger partial charge is 0.203 e. The average molecular weight is 292 g/mol. The van der Waals surface area contributed by atoms with E-state index in [2.05, 4.69) is 55.2 Å². The van der Waals surface area contributed by atoms with E-state index >= 15 is 0 Å². The third-order valence-electron chi connectivity index (χ3n) is 2.95. The molecule has 0 aliphatic heterocycles. The van der Waals surface area contributed by atoms with Crippen LogP contribution in [0.5, 0.6) is 0 Å². The molecule has 4 heteroatoms. The standard InChI is InChI=1S/C13H14BrN3/c14-11-3-1-2-10(8-11)9-16-13-15-6-7-17(13)12-4-5-12/h1-3,6-8,12H,4-5,9H2,(H,15,16). The van der Waals surface area contributed by atoms with E-state index in [9.17, 15) is 0 Å². The Morgan fingerprint density at radius 2 is 2.29 bits per heavy atom. The van der Waals surface area contributed by atoms with E-state index in [1.165, 1.54) is 18.4 Å². The highest BCUT2D eigenvalue weighted by atomic mass is 79.9. The molecular formula is C13H14BrN3. The summed E-state index contributed by atoms with van der Waals surface area (Å²) in [5.74, 6) is 0.979. The molecule has 1 heterocycles. The molecule has 2 aromatic rings. The molecule has 1 saturated carbocycles. The third-order valence-corrected chi connectivity index (χ3v) is 3.44. The van der Waals surface area contributed by atoms with Crippen molar-refractivity contribution >= 4 is 21.9 Å². The molecule has 1 aliphatic rings. The number of imidazole rings is 1. The van der Waals surface area contributed by atoms with Crippen LogP contribution in [0.3, 0.4) is 0 Å². The van der Waals surface area contributed by atoms with Crippen LogP contribution in [-0.2, 0) is 6.54 Å². The van der Waals surface area contributed by atoms with Gasteiger partial charge in [0.25, 0.3) is 0 Å². The fraction of sp³-hybridized carbons (Fsp3) is 0.308. The van der Waals surface area contributed by atoms with E-state index < -0.39 is 0 Å². The SMILES string of the molecule is Brc1cccc(CNc2nccn2C2CC2)c1. The minimum absolute atomic E-state index is 0.669. The lowest BCUT2D eigenvalue weighted by Crippen LogP contribution is -2.06. The number of anilines is 1. The largest absolute Gasteiger partial charge is 0.352 e. The van der Waals surface area contributed by atoms with Crippen molar-refractivity contribution in [3.63, 3.8) is 0 Å². The van der Waals surface area contributed by atoms with Gasteiger partial charge in [-0.2, -0.15) is 0 Å². The lowest BCUT2D eigenvalue weighted by molar-refractivity contribution is 0.743. The van der Waals surface area contributed by atoms with Crippen molar-refractivity contribution in [1.29, 1.82) is 0 Å². The van der Waals surface area contributed by atoms with Crippen LogP contribution < -0.4 is 5.32 Å². The molecule has 1 aromatic carbocycles. The molecule has 0 spiro atoms. The molecule has 0 unspecified atom stereocenters. The first-order chi connectivity index (χ1) is 8.33. The minimum Gasteiger partial charge on any atom is -0.352 e. The predicted octanol–water partition coefficient (Wildman–Crippen LogP) is 3.59. The highest BCUT2D eigenvalue weighted by Gasteiger charge is 2.25. The number of nitrogens with one attached hydrogen (secondary N) is 1. The lowest BCUT2D eigenvalue weighted by Gasteiger charge is -2.08. The fourth-order valence-electron chi connectivity index (χ4n) is 1.93. The van der Waals surface area contributed by atoms with Crippen molar-refractivity contribution in [3.05, 3.63) is 46.7 Å². The van der Waals surface area contributed by atoms with Crippen molar-refractivity contribution in [2.45, 2.75) is 25.4 Å². The summed E-state index contributed by atoms with van der Waals surface area (Å²) in [4.78, 5) is 4.36. The number of benzene rings is 1. The highest BCUT2D eigenvalue weighted by molar-refractivity contribution is 9.10. The fourth-order valence-corrected chi connectivity index (χ4v) is 2.37. The highest BCUT2D eigenvalue weighted by Crippen LogP contribution is 2.36. The maximum Gasteiger partial charge on any atom is 0.203 e. The summed E-state index contributed by atoms with van der Waals surface area (Å²) in [6.07, 6.45) is 6.48. The van der Waals surface area contributed by atoms with Gasteiger partial charge in [0.1, 0.15) is 0 Å². The second kappa shape index (κ2) is 4.53. The third kappa shape index (κ3) is 2.52. The lowest BCUT2D eigenvalue weighted by atomic mass is 10.2. The van der Waals surface area contributed by atoms with Crippen LogP contribution in [0.1, 0.15) is 24.4 Å². The first-order valence-corrected chi connectivity index (χ1v) is 6.63. The van der Waals surface area contributed by atoms with Gasteiger partial charge in [0.05, 0.1) is 0 Å². The number of nitrogens with zero attached hydrogens (tertiary/aromatic N) is 2. The molecule has 17 heavy (non-hydrogen) atoms. The second-order valence-corrected chi connectivity index (χ2v) is 5.29. The van der Waals surface area contributed by atoms with Gasteiger partial charge in [-0.05, 0) is 30.5 Å². The van der Waals surface area contributed by atoms with Gasteiger partial charge in [0, 0.05) is 29.5 Å². The van der Waals surface area contributed by atoms with Gasteiger partial charge >= 0.3 is 0 Å². The number of rotatable bonds is 4. The Balaban J connectivity index is 1.69. The molecule has 0 bridgehead atoms. The molecule has 3 rings (SSSR count). The minimum atomic E-state index is 0.669. The maximum atomic E-state index is 4.36. The van der Waals surface area contributed by atoms with E-state index in [-0.39, 0.29) is 0 Å². The van der Waals surface area contributed by atoms with Gasteiger partial charge in [0.2, 0.25) is 5.95 Å². The van der Waals surface area contributed by atoms with Crippen molar-refractivity contribution in [1.82, 2.24) is 9.55 Å². The van der Waals surface area contributed by atoms with Crippen molar-refractivity contribution in [3.8, 4) is 0 Å². The van der Waals surface area contributed by atoms with E-state index in [4.69, 9.17) is 0 Å². The second-order valence-electron chi connectivity index (χ2n) is 4.37. The Morgan fingerprint density at radius 3 is 3.06 bits per heavy atom. The molecule has 0 radical (unpaired) electrons. The Bertz CT molecular complexity index is 517. The van der Waals surface area contributed by atoms with Gasteiger partial charge in [-0.25, -0.2) is 4.98 Å². The Kier molecular flexibility index (Phi) is 2.89. The summed E-state index contributed by atoms with van der Waals surface area (Å²) < 4.78 is 3.35. The molecule has 1 N–H and O–H groups in total. The van der Waals surface area contributed by atoms with Crippen molar-refractivity contribution < 1.29 is 0 Å². The molecular weight excluding hydrogens is 278 g/mol. The zero-order valence-electron chi connectivity index (χ0n) is 9.44. The summed E-state index contributed by atoms with van der Waals surface area (Å²) in [5, 5.41) is 3.39. The zero-order chi connectivity index (χ0) is 11.7. The summed E-state index contributed by atoms with van der Waals surface area (Å²) >= 11 is 3.48.